The molecule has 0 aliphatic carbocycles. The third-order valence-electron chi connectivity index (χ3n) is 7.99. The largest absolute Gasteiger partial charge is 0.454 e. The van der Waals surface area contributed by atoms with Crippen molar-refractivity contribution in [1.29, 1.82) is 0 Å². The molecule has 4 aliphatic rings. The zero-order valence-electron chi connectivity index (χ0n) is 19.5. The number of rotatable bonds is 3. The highest BCUT2D eigenvalue weighted by molar-refractivity contribution is 5.97. The van der Waals surface area contributed by atoms with Crippen LogP contribution in [0.5, 0.6) is 11.5 Å². The van der Waals surface area contributed by atoms with Crippen LogP contribution in [-0.2, 0) is 16.0 Å². The molecule has 180 valence electrons. The highest BCUT2D eigenvalue weighted by atomic mass is 16.7. The number of nitrogens with zero attached hydrogens (tertiary/aromatic N) is 2. The van der Waals surface area contributed by atoms with Crippen molar-refractivity contribution in [1.82, 2.24) is 20.1 Å². The number of piperidine rings is 1. The van der Waals surface area contributed by atoms with Crippen molar-refractivity contribution in [2.45, 2.75) is 31.3 Å². The molecule has 35 heavy (non-hydrogen) atoms. The summed E-state index contributed by atoms with van der Waals surface area (Å²) in [5.41, 5.74) is 4.04. The van der Waals surface area contributed by atoms with Gasteiger partial charge in [-0.2, -0.15) is 0 Å². The number of aromatic amines is 1. The van der Waals surface area contributed by atoms with Crippen molar-refractivity contribution < 1.29 is 19.1 Å². The lowest BCUT2D eigenvalue weighted by Crippen LogP contribution is -2.63. The summed E-state index contributed by atoms with van der Waals surface area (Å²) in [5, 5.41) is 4.50. The number of carbonyl (C=O) groups is 2. The molecule has 2 amide bonds. The topological polar surface area (TPSA) is 86.9 Å². The van der Waals surface area contributed by atoms with E-state index in [0.717, 1.165) is 53.7 Å². The van der Waals surface area contributed by atoms with E-state index in [0.29, 0.717) is 30.4 Å². The van der Waals surface area contributed by atoms with Crippen molar-refractivity contribution in [2.75, 3.05) is 33.0 Å². The second-order valence-electron chi connectivity index (χ2n) is 10.0. The summed E-state index contributed by atoms with van der Waals surface area (Å²) < 4.78 is 11.2. The summed E-state index contributed by atoms with van der Waals surface area (Å²) >= 11 is 0. The standard InChI is InChI=1S/C27H28N4O4/c32-24-14-30(13-16-7-9-28-10-8-16)27(33)21-12-19-18-3-1-2-4-20(18)29-25(19)26(31(21)24)17-5-6-22-23(11-17)35-15-34-22/h1-6,11,16,21,26,28-29H,7-10,12-15H2/t21-,26-/m1/s1. The molecule has 0 spiro atoms. The average molecular weight is 473 g/mol. The van der Waals surface area contributed by atoms with Gasteiger partial charge in [-0.05, 0) is 61.2 Å². The second-order valence-corrected chi connectivity index (χ2v) is 10.0. The maximum atomic E-state index is 13.9. The minimum Gasteiger partial charge on any atom is -0.454 e. The van der Waals surface area contributed by atoms with Crippen LogP contribution >= 0.6 is 0 Å². The highest BCUT2D eigenvalue weighted by Crippen LogP contribution is 2.45. The number of hydrogen-bond acceptors (Lipinski definition) is 5. The lowest BCUT2D eigenvalue weighted by atomic mass is 9.85. The monoisotopic (exact) mass is 472 g/mol. The summed E-state index contributed by atoms with van der Waals surface area (Å²) in [4.78, 5) is 34.8. The van der Waals surface area contributed by atoms with Crippen LogP contribution in [0.1, 0.15) is 35.7 Å². The summed E-state index contributed by atoms with van der Waals surface area (Å²) in [6, 6.07) is 13.1. The minimum absolute atomic E-state index is 0.00416. The van der Waals surface area contributed by atoms with Crippen molar-refractivity contribution in [2.24, 2.45) is 5.92 Å². The lowest BCUT2D eigenvalue weighted by molar-refractivity contribution is -0.159. The Morgan fingerprint density at radius 3 is 2.71 bits per heavy atom. The third-order valence-corrected chi connectivity index (χ3v) is 7.99. The molecule has 3 aromatic rings. The zero-order valence-corrected chi connectivity index (χ0v) is 19.5. The molecule has 5 heterocycles. The molecule has 2 atom stereocenters. The van der Waals surface area contributed by atoms with Gasteiger partial charge in [-0.1, -0.05) is 24.3 Å². The predicted molar refractivity (Wildman–Crippen MR) is 129 cm³/mol. The van der Waals surface area contributed by atoms with Gasteiger partial charge in [-0.3, -0.25) is 9.59 Å². The molecular formula is C27H28N4O4. The number of nitrogens with one attached hydrogen (secondary N) is 2. The molecule has 8 nitrogen and oxygen atoms in total. The smallest absolute Gasteiger partial charge is 0.246 e. The van der Waals surface area contributed by atoms with Crippen molar-refractivity contribution in [3.63, 3.8) is 0 Å². The van der Waals surface area contributed by atoms with Gasteiger partial charge in [-0.15, -0.1) is 0 Å². The quantitative estimate of drug-likeness (QED) is 0.612. The Balaban J connectivity index is 1.32. The number of aromatic nitrogens is 1. The first-order valence-corrected chi connectivity index (χ1v) is 12.5. The number of ether oxygens (including phenoxy) is 2. The maximum absolute atomic E-state index is 13.9. The van der Waals surface area contributed by atoms with Gasteiger partial charge in [0, 0.05) is 29.6 Å². The molecule has 2 saturated heterocycles. The zero-order chi connectivity index (χ0) is 23.5. The Bertz CT molecular complexity index is 1330. The number of amides is 2. The first kappa shape index (κ1) is 20.8. The number of benzene rings is 2. The van der Waals surface area contributed by atoms with Crippen molar-refractivity contribution >= 4 is 22.7 Å². The Morgan fingerprint density at radius 2 is 1.83 bits per heavy atom. The molecule has 7 rings (SSSR count). The number of hydrogen-bond donors (Lipinski definition) is 2. The average Bonchev–Trinajstić information content (AvgIpc) is 3.50. The number of piperazine rings is 1. The van der Waals surface area contributed by atoms with Gasteiger partial charge in [0.05, 0.1) is 12.6 Å². The Hall–Kier alpha value is -3.52. The van der Waals surface area contributed by atoms with Gasteiger partial charge in [0.2, 0.25) is 18.6 Å². The Kier molecular flexibility index (Phi) is 4.77. The summed E-state index contributed by atoms with van der Waals surface area (Å²) in [5.74, 6) is 1.87. The molecule has 2 N–H and O–H groups in total. The van der Waals surface area contributed by atoms with E-state index in [-0.39, 0.29) is 31.2 Å². The molecule has 8 heteroatoms. The maximum Gasteiger partial charge on any atom is 0.246 e. The number of H-pyrrole nitrogens is 1. The SMILES string of the molecule is O=C1[C@H]2Cc3c([nH]c4ccccc34)[C@@H](c3ccc4c(c3)OCO4)N2C(=O)CN1CC1CCNCC1. The van der Waals surface area contributed by atoms with Crippen LogP contribution in [0.2, 0.25) is 0 Å². The van der Waals surface area contributed by atoms with E-state index in [1.54, 1.807) is 0 Å². The van der Waals surface area contributed by atoms with Crippen molar-refractivity contribution in [3.05, 3.63) is 59.3 Å². The van der Waals surface area contributed by atoms with Gasteiger partial charge in [0.1, 0.15) is 6.04 Å². The first-order valence-electron chi connectivity index (χ1n) is 12.5. The summed E-state index contributed by atoms with van der Waals surface area (Å²) in [6.45, 7) is 2.93. The van der Waals surface area contributed by atoms with E-state index in [9.17, 15) is 9.59 Å². The number of fused-ring (bicyclic) bond motifs is 5. The van der Waals surface area contributed by atoms with E-state index < -0.39 is 6.04 Å². The normalized spacial score (nSPS) is 24.1. The van der Waals surface area contributed by atoms with Gasteiger partial charge >= 0.3 is 0 Å². The fraction of sp³-hybridized carbons (Fsp3) is 0.407. The summed E-state index contributed by atoms with van der Waals surface area (Å²) in [6.07, 6.45) is 2.60. The van der Waals surface area contributed by atoms with E-state index in [1.807, 2.05) is 40.1 Å². The van der Waals surface area contributed by atoms with Crippen LogP contribution in [0.25, 0.3) is 10.9 Å². The van der Waals surface area contributed by atoms with Gasteiger partial charge in [0.25, 0.3) is 0 Å². The minimum atomic E-state index is -0.514. The fourth-order valence-corrected chi connectivity index (χ4v) is 6.28. The molecule has 1 aromatic heterocycles. The lowest BCUT2D eigenvalue weighted by Gasteiger charge is -2.47. The molecular weight excluding hydrogens is 444 g/mol. The Morgan fingerprint density at radius 1 is 1.00 bits per heavy atom. The molecule has 2 fully saturated rings. The fourth-order valence-electron chi connectivity index (χ4n) is 6.28. The van der Waals surface area contributed by atoms with Crippen LogP contribution < -0.4 is 14.8 Å². The van der Waals surface area contributed by atoms with Crippen molar-refractivity contribution in [3.8, 4) is 11.5 Å². The van der Waals surface area contributed by atoms with Gasteiger partial charge in [-0.25, -0.2) is 0 Å². The van der Waals surface area contributed by atoms with Crippen LogP contribution in [-0.4, -0.2) is 65.6 Å². The van der Waals surface area contributed by atoms with Crippen LogP contribution in [0.3, 0.4) is 0 Å². The predicted octanol–water partition coefficient (Wildman–Crippen LogP) is 2.58. The summed E-state index contributed by atoms with van der Waals surface area (Å²) in [7, 11) is 0. The molecule has 0 bridgehead atoms. The molecule has 0 radical (unpaired) electrons. The van der Waals surface area contributed by atoms with E-state index >= 15 is 0 Å². The van der Waals surface area contributed by atoms with E-state index in [1.165, 1.54) is 0 Å². The molecule has 4 aliphatic heterocycles. The molecule has 0 unspecified atom stereocenters. The second kappa shape index (κ2) is 8.02. The first-order chi connectivity index (χ1) is 17.2. The van der Waals surface area contributed by atoms with Crippen LogP contribution in [0, 0.1) is 5.92 Å². The Labute approximate surface area is 203 Å². The van der Waals surface area contributed by atoms with Gasteiger partial charge in [0.15, 0.2) is 11.5 Å². The number of para-hydroxylation sites is 1. The van der Waals surface area contributed by atoms with E-state index in [2.05, 4.69) is 22.4 Å². The number of carbonyl (C=O) groups excluding carboxylic acids is 2. The van der Waals surface area contributed by atoms with Crippen LogP contribution in [0.4, 0.5) is 0 Å². The molecule has 0 saturated carbocycles. The molecule has 2 aromatic carbocycles. The third kappa shape index (κ3) is 3.31. The van der Waals surface area contributed by atoms with E-state index in [4.69, 9.17) is 9.47 Å². The highest BCUT2D eigenvalue weighted by Gasteiger charge is 2.48. The van der Waals surface area contributed by atoms with Gasteiger partial charge < -0.3 is 29.6 Å². The van der Waals surface area contributed by atoms with Crippen LogP contribution in [0.15, 0.2) is 42.5 Å².